The van der Waals surface area contributed by atoms with Gasteiger partial charge in [-0.2, -0.15) is 0 Å². The van der Waals surface area contributed by atoms with Gasteiger partial charge in [-0.1, -0.05) is 0 Å². The van der Waals surface area contributed by atoms with Gasteiger partial charge in [-0.3, -0.25) is 4.79 Å². The Morgan fingerprint density at radius 2 is 1.56 bits per heavy atom. The summed E-state index contributed by atoms with van der Waals surface area (Å²) in [5.41, 5.74) is -0.565. The minimum Gasteiger partial charge on any atom is -0.497 e. The average Bonchev–Trinajstić information content (AvgIpc) is 2.50. The Morgan fingerprint density at radius 3 is 1.92 bits per heavy atom. The van der Waals surface area contributed by atoms with Crippen molar-refractivity contribution < 1.29 is 27.8 Å². The highest BCUT2D eigenvalue weighted by Crippen LogP contribution is 2.34. The molecule has 0 aliphatic heterocycles. The molecule has 25 heavy (non-hydrogen) atoms. The molecule has 1 aromatic rings. The van der Waals surface area contributed by atoms with Crippen molar-refractivity contribution in [1.82, 2.24) is 4.72 Å². The van der Waals surface area contributed by atoms with Crippen LogP contribution in [0.15, 0.2) is 18.2 Å². The lowest BCUT2D eigenvalue weighted by atomic mass is 9.88. The molecular weight excluding hydrogens is 346 g/mol. The maximum absolute atomic E-state index is 12.7. The summed E-state index contributed by atoms with van der Waals surface area (Å²) in [5.74, 6) is -0.0206. The largest absolute Gasteiger partial charge is 0.497 e. The first-order chi connectivity index (χ1) is 11.3. The molecule has 0 radical (unpaired) electrons. The molecule has 1 atom stereocenters. The summed E-state index contributed by atoms with van der Waals surface area (Å²) in [7, 11) is -0.730. The van der Waals surface area contributed by atoms with Crippen molar-refractivity contribution in [1.29, 1.82) is 0 Å². The van der Waals surface area contributed by atoms with E-state index in [2.05, 4.69) is 4.72 Å². The van der Waals surface area contributed by atoms with Gasteiger partial charge in [0.2, 0.25) is 10.0 Å². The Kier molecular flexibility index (Phi) is 6.47. The van der Waals surface area contributed by atoms with E-state index in [0.717, 1.165) is 0 Å². The van der Waals surface area contributed by atoms with Gasteiger partial charge in [0.25, 0.3) is 0 Å². The van der Waals surface area contributed by atoms with Crippen LogP contribution in [0.3, 0.4) is 0 Å². The van der Waals surface area contributed by atoms with Crippen LogP contribution >= 0.6 is 0 Å². The smallest absolute Gasteiger partial charge is 0.303 e. The highest BCUT2D eigenvalue weighted by atomic mass is 32.2. The lowest BCUT2D eigenvalue weighted by Gasteiger charge is -2.34. The maximum Gasteiger partial charge on any atom is 0.303 e. The monoisotopic (exact) mass is 373 g/mol. The summed E-state index contributed by atoms with van der Waals surface area (Å²) in [6.45, 7) is 6.41. The molecule has 1 rings (SSSR count). The number of nitrogens with one attached hydrogen (secondary N) is 1. The normalized spacial score (nSPS) is 14.6. The lowest BCUT2D eigenvalue weighted by molar-refractivity contribution is -0.137. The van der Waals surface area contributed by atoms with Crippen LogP contribution in [0.4, 0.5) is 0 Å². The second-order valence-corrected chi connectivity index (χ2v) is 9.48. The lowest BCUT2D eigenvalue weighted by Crippen LogP contribution is -2.50. The number of carboxylic acids is 1. The highest BCUT2D eigenvalue weighted by molar-refractivity contribution is 7.90. The molecule has 7 nitrogen and oxygen atoms in total. The Hall–Kier alpha value is -1.80. The zero-order valence-corrected chi connectivity index (χ0v) is 16.4. The van der Waals surface area contributed by atoms with E-state index in [4.69, 9.17) is 14.6 Å². The molecular formula is C17H27NO6S. The Labute approximate surface area is 149 Å². The predicted octanol–water partition coefficient (Wildman–Crippen LogP) is 2.50. The van der Waals surface area contributed by atoms with Crippen LogP contribution in [0.1, 0.15) is 46.1 Å². The summed E-state index contributed by atoms with van der Waals surface area (Å²) >= 11 is 0. The molecule has 0 amide bonds. The topological polar surface area (TPSA) is 102 Å². The van der Waals surface area contributed by atoms with Crippen LogP contribution in [-0.2, 0) is 20.4 Å². The van der Waals surface area contributed by atoms with Crippen molar-refractivity contribution in [2.45, 2.75) is 50.8 Å². The molecule has 0 saturated carbocycles. The van der Waals surface area contributed by atoms with Gasteiger partial charge in [0, 0.05) is 12.5 Å². The number of carbonyl (C=O) groups is 1. The van der Waals surface area contributed by atoms with Gasteiger partial charge in [0.15, 0.2) is 0 Å². The molecule has 2 N–H and O–H groups in total. The number of aliphatic carboxylic acids is 1. The standard InChI is InChI=1S/C17H27NO6S/c1-16(2,3)25(21,22)18-17(4,8-7-15(19)20)12-9-13(23-5)11-14(10-12)24-6/h9-11,18H,7-8H2,1-6H3,(H,19,20). The van der Waals surface area contributed by atoms with Crippen LogP contribution in [0, 0.1) is 0 Å². The molecule has 1 unspecified atom stereocenters. The van der Waals surface area contributed by atoms with E-state index in [-0.39, 0.29) is 12.8 Å². The van der Waals surface area contributed by atoms with Gasteiger partial charge in [0.05, 0.1) is 24.5 Å². The van der Waals surface area contributed by atoms with Crippen molar-refractivity contribution in [2.75, 3.05) is 14.2 Å². The van der Waals surface area contributed by atoms with Crippen molar-refractivity contribution in [2.24, 2.45) is 0 Å². The number of rotatable bonds is 8. The molecule has 0 heterocycles. The zero-order valence-electron chi connectivity index (χ0n) is 15.5. The van der Waals surface area contributed by atoms with Gasteiger partial charge >= 0.3 is 5.97 Å². The molecule has 0 saturated heterocycles. The fourth-order valence-electron chi connectivity index (χ4n) is 2.19. The Bertz CT molecular complexity index is 701. The van der Waals surface area contributed by atoms with Gasteiger partial charge in [-0.05, 0) is 51.8 Å². The molecule has 1 aromatic carbocycles. The van der Waals surface area contributed by atoms with E-state index in [9.17, 15) is 13.2 Å². The van der Waals surface area contributed by atoms with Crippen LogP contribution in [0.5, 0.6) is 11.5 Å². The second kappa shape index (κ2) is 7.61. The summed E-state index contributed by atoms with van der Waals surface area (Å²) in [6, 6.07) is 5.02. The fraction of sp³-hybridized carbons (Fsp3) is 0.588. The SMILES string of the molecule is COc1cc(OC)cc(C(C)(CCC(=O)O)NS(=O)(=O)C(C)(C)C)c1. The summed E-state index contributed by atoms with van der Waals surface area (Å²) in [4.78, 5) is 11.1. The van der Waals surface area contributed by atoms with Crippen LogP contribution in [-0.4, -0.2) is 38.5 Å². The first-order valence-corrected chi connectivity index (χ1v) is 9.32. The number of ether oxygens (including phenoxy) is 2. The quantitative estimate of drug-likeness (QED) is 0.726. The van der Waals surface area contributed by atoms with E-state index in [0.29, 0.717) is 17.1 Å². The predicted molar refractivity (Wildman–Crippen MR) is 95.6 cm³/mol. The summed E-state index contributed by atoms with van der Waals surface area (Å²) in [6.07, 6.45) is -0.114. The molecule has 0 aliphatic rings. The first kappa shape index (κ1) is 21.2. The minimum atomic E-state index is -3.72. The van der Waals surface area contributed by atoms with Gasteiger partial charge in [0.1, 0.15) is 11.5 Å². The molecule has 0 spiro atoms. The fourth-order valence-corrected chi connectivity index (χ4v) is 3.31. The van der Waals surface area contributed by atoms with Crippen LogP contribution in [0.25, 0.3) is 0 Å². The van der Waals surface area contributed by atoms with Crippen molar-refractivity contribution in [3.05, 3.63) is 23.8 Å². The van der Waals surface area contributed by atoms with Crippen LogP contribution < -0.4 is 14.2 Å². The van der Waals surface area contributed by atoms with Crippen molar-refractivity contribution in [3.63, 3.8) is 0 Å². The van der Waals surface area contributed by atoms with E-state index in [1.807, 2.05) is 0 Å². The first-order valence-electron chi connectivity index (χ1n) is 7.83. The minimum absolute atomic E-state index is 0.0773. The van der Waals surface area contributed by atoms with Crippen LogP contribution in [0.2, 0.25) is 0 Å². The van der Waals surface area contributed by atoms with Gasteiger partial charge in [-0.25, -0.2) is 13.1 Å². The number of benzene rings is 1. The van der Waals surface area contributed by atoms with E-state index in [1.54, 1.807) is 45.9 Å². The third kappa shape index (κ3) is 5.34. The van der Waals surface area contributed by atoms with E-state index >= 15 is 0 Å². The highest BCUT2D eigenvalue weighted by Gasteiger charge is 2.38. The summed E-state index contributed by atoms with van der Waals surface area (Å²) in [5, 5.41) is 9.06. The molecule has 0 fully saturated rings. The van der Waals surface area contributed by atoms with Crippen molar-refractivity contribution in [3.8, 4) is 11.5 Å². The van der Waals surface area contributed by atoms with E-state index < -0.39 is 26.3 Å². The Morgan fingerprint density at radius 1 is 1.08 bits per heavy atom. The molecule has 0 aliphatic carbocycles. The number of hydrogen-bond acceptors (Lipinski definition) is 5. The third-order valence-electron chi connectivity index (χ3n) is 3.99. The third-order valence-corrected chi connectivity index (χ3v) is 6.32. The second-order valence-electron chi connectivity index (χ2n) is 7.05. The molecule has 142 valence electrons. The number of sulfonamides is 1. The van der Waals surface area contributed by atoms with Gasteiger partial charge < -0.3 is 14.6 Å². The molecule has 0 bridgehead atoms. The molecule has 0 aromatic heterocycles. The number of methoxy groups -OCH3 is 2. The maximum atomic E-state index is 12.7. The zero-order chi connectivity index (χ0) is 19.5. The Balaban J connectivity index is 3.44. The van der Waals surface area contributed by atoms with Gasteiger partial charge in [-0.15, -0.1) is 0 Å². The number of carboxylic acid groups (broad SMARTS) is 1. The van der Waals surface area contributed by atoms with E-state index in [1.165, 1.54) is 14.2 Å². The molecule has 8 heteroatoms. The average molecular weight is 373 g/mol. The van der Waals surface area contributed by atoms with Crippen molar-refractivity contribution >= 4 is 16.0 Å². The summed E-state index contributed by atoms with van der Waals surface area (Å²) < 4.78 is 37.5. The number of hydrogen-bond donors (Lipinski definition) is 2.